The van der Waals surface area contributed by atoms with Gasteiger partial charge in [-0.3, -0.25) is 4.79 Å². The number of carbonyl (C=O) groups is 1. The quantitative estimate of drug-likeness (QED) is 0.0215. The summed E-state index contributed by atoms with van der Waals surface area (Å²) < 4.78 is 11.2. The molecular weight excluding hydrogens is 1070 g/mol. The molecule has 0 saturated carbocycles. The van der Waals surface area contributed by atoms with Crippen LogP contribution in [-0.4, -0.2) is 110 Å². The summed E-state index contributed by atoms with van der Waals surface area (Å²) in [7, 11) is 0. The predicted octanol–water partition coefficient (Wildman–Crippen LogP) is 18.5. The van der Waals surface area contributed by atoms with E-state index in [1.54, 1.807) is 0 Å². The number of rotatable bonds is 66. The van der Waals surface area contributed by atoms with Crippen molar-refractivity contribution in [1.82, 2.24) is 5.32 Å². The highest BCUT2D eigenvalue weighted by Gasteiger charge is 2.44. The van der Waals surface area contributed by atoms with Crippen molar-refractivity contribution in [3.63, 3.8) is 0 Å². The molecule has 0 spiro atoms. The summed E-state index contributed by atoms with van der Waals surface area (Å²) in [5.41, 5.74) is 0. The van der Waals surface area contributed by atoms with Crippen LogP contribution in [0.2, 0.25) is 0 Å². The number of nitrogens with one attached hydrogen (secondary N) is 1. The van der Waals surface area contributed by atoms with Crippen LogP contribution in [0.5, 0.6) is 0 Å². The number of amides is 1. The van der Waals surface area contributed by atoms with E-state index in [1.165, 1.54) is 276 Å². The van der Waals surface area contributed by atoms with Gasteiger partial charge < -0.3 is 50.5 Å². The van der Waals surface area contributed by atoms with Crippen LogP contribution in [0.25, 0.3) is 0 Å². The van der Waals surface area contributed by atoms with E-state index in [-0.39, 0.29) is 12.8 Å². The van der Waals surface area contributed by atoms with Crippen LogP contribution >= 0.6 is 0 Å². The summed E-state index contributed by atoms with van der Waals surface area (Å²) in [4.78, 5) is 13.3. The van der Waals surface area contributed by atoms with Gasteiger partial charge >= 0.3 is 0 Å². The fraction of sp³-hybridized carbons (Fsp3) is 0.907. The lowest BCUT2D eigenvalue weighted by Gasteiger charge is -2.40. The van der Waals surface area contributed by atoms with Crippen molar-refractivity contribution in [3.8, 4) is 0 Å². The van der Waals surface area contributed by atoms with Crippen LogP contribution < -0.4 is 5.32 Å². The lowest BCUT2D eigenvalue weighted by Crippen LogP contribution is -2.60. The average molecular weight is 1220 g/mol. The minimum absolute atomic E-state index is 0.243. The zero-order valence-corrected chi connectivity index (χ0v) is 56.3. The van der Waals surface area contributed by atoms with Gasteiger partial charge in [-0.05, 0) is 64.2 Å². The van der Waals surface area contributed by atoms with Gasteiger partial charge in [0.15, 0.2) is 6.29 Å². The van der Waals surface area contributed by atoms with Gasteiger partial charge in [0.2, 0.25) is 5.91 Å². The third kappa shape index (κ3) is 50.0. The molecule has 0 aromatic rings. The fourth-order valence-corrected chi connectivity index (χ4v) is 12.2. The van der Waals surface area contributed by atoms with E-state index in [0.717, 1.165) is 44.9 Å². The molecule has 0 aromatic heterocycles. The average Bonchev–Trinajstić information content (AvgIpc) is 2.54. The molecule has 0 radical (unpaired) electrons. The molecule has 1 saturated heterocycles. The van der Waals surface area contributed by atoms with E-state index >= 15 is 0 Å². The van der Waals surface area contributed by atoms with Crippen LogP contribution in [-0.2, 0) is 14.3 Å². The minimum Gasteiger partial charge on any atom is -0.394 e. The first-order valence-corrected chi connectivity index (χ1v) is 37.4. The molecule has 1 heterocycles. The van der Waals surface area contributed by atoms with E-state index in [0.29, 0.717) is 19.3 Å². The second-order valence-electron chi connectivity index (χ2n) is 26.4. The number of unbranched alkanes of at least 4 members (excludes halogenated alkanes) is 48. The molecule has 0 bridgehead atoms. The van der Waals surface area contributed by atoms with E-state index < -0.39 is 74.2 Å². The Morgan fingerprint density at radius 2 is 0.698 bits per heavy atom. The number of allylic oxidation sites excluding steroid dienone is 6. The SMILES string of the molecule is CCCCCCCCCCCCCCCCCCCCC/C=C/CC/C=C/CC/C=C/CCCC(O)C(O)C(COC1OC(CO)C(O)C(O)C1O)NC(=O)C(O)CCCCCCCCCCCCCCCCCCCCCCCCCCCCC. The predicted molar refractivity (Wildman–Crippen MR) is 362 cm³/mol. The lowest BCUT2D eigenvalue weighted by molar-refractivity contribution is -0.303. The van der Waals surface area contributed by atoms with Crippen molar-refractivity contribution in [2.75, 3.05) is 13.2 Å². The Balaban J connectivity index is 2.20. The molecule has 11 nitrogen and oxygen atoms in total. The molecule has 9 unspecified atom stereocenters. The Bertz CT molecular complexity index is 1490. The Kier molecular flexibility index (Phi) is 60.8. The van der Waals surface area contributed by atoms with Crippen molar-refractivity contribution < 1.29 is 50.0 Å². The first kappa shape index (κ1) is 82.3. The zero-order chi connectivity index (χ0) is 62.4. The topological polar surface area (TPSA) is 189 Å². The number of carbonyl (C=O) groups excluding carboxylic acids is 1. The van der Waals surface area contributed by atoms with Crippen molar-refractivity contribution in [2.45, 2.75) is 422 Å². The molecule has 8 N–H and O–H groups in total. The maximum absolute atomic E-state index is 13.3. The molecule has 0 aliphatic carbocycles. The second-order valence-corrected chi connectivity index (χ2v) is 26.4. The van der Waals surface area contributed by atoms with Crippen molar-refractivity contribution in [2.24, 2.45) is 0 Å². The van der Waals surface area contributed by atoms with Crippen molar-refractivity contribution in [1.29, 1.82) is 0 Å². The first-order chi connectivity index (χ1) is 42.2. The van der Waals surface area contributed by atoms with Crippen molar-refractivity contribution >= 4 is 5.91 Å². The van der Waals surface area contributed by atoms with Gasteiger partial charge in [0, 0.05) is 0 Å². The fourth-order valence-electron chi connectivity index (χ4n) is 12.2. The summed E-state index contributed by atoms with van der Waals surface area (Å²) in [6.07, 6.45) is 71.1. The normalized spacial score (nSPS) is 18.9. The molecule has 1 aliphatic rings. The van der Waals surface area contributed by atoms with E-state index in [1.807, 2.05) is 0 Å². The molecule has 1 amide bonds. The largest absolute Gasteiger partial charge is 0.394 e. The number of aliphatic hydroxyl groups excluding tert-OH is 7. The highest BCUT2D eigenvalue weighted by molar-refractivity contribution is 5.80. The highest BCUT2D eigenvalue weighted by atomic mass is 16.7. The maximum atomic E-state index is 13.3. The van der Waals surface area contributed by atoms with E-state index in [4.69, 9.17) is 9.47 Å². The zero-order valence-electron chi connectivity index (χ0n) is 56.3. The van der Waals surface area contributed by atoms with Gasteiger partial charge in [-0.2, -0.15) is 0 Å². The van der Waals surface area contributed by atoms with Crippen LogP contribution in [0.15, 0.2) is 36.5 Å². The molecule has 0 aromatic carbocycles. The molecule has 86 heavy (non-hydrogen) atoms. The van der Waals surface area contributed by atoms with Crippen LogP contribution in [0.1, 0.15) is 367 Å². The van der Waals surface area contributed by atoms with Crippen LogP contribution in [0.4, 0.5) is 0 Å². The number of hydrogen-bond donors (Lipinski definition) is 8. The van der Waals surface area contributed by atoms with E-state index in [2.05, 4.69) is 55.6 Å². The minimum atomic E-state index is -1.67. The maximum Gasteiger partial charge on any atom is 0.249 e. The number of aliphatic hydroxyl groups is 7. The monoisotopic (exact) mass is 1220 g/mol. The van der Waals surface area contributed by atoms with Crippen LogP contribution in [0, 0.1) is 0 Å². The van der Waals surface area contributed by atoms with Gasteiger partial charge in [-0.1, -0.05) is 339 Å². The Labute approximate surface area is 530 Å². The lowest BCUT2D eigenvalue weighted by atomic mass is 9.98. The molecule has 9 atom stereocenters. The van der Waals surface area contributed by atoms with Gasteiger partial charge in [-0.25, -0.2) is 0 Å². The smallest absolute Gasteiger partial charge is 0.249 e. The highest BCUT2D eigenvalue weighted by Crippen LogP contribution is 2.24. The van der Waals surface area contributed by atoms with Gasteiger partial charge in [-0.15, -0.1) is 0 Å². The summed E-state index contributed by atoms with van der Waals surface area (Å²) in [6, 6.07) is -1.19. The van der Waals surface area contributed by atoms with Gasteiger partial charge in [0.1, 0.15) is 36.6 Å². The van der Waals surface area contributed by atoms with Gasteiger partial charge in [0.05, 0.1) is 25.4 Å². The number of hydrogen-bond acceptors (Lipinski definition) is 10. The summed E-state index contributed by atoms with van der Waals surface area (Å²) in [6.45, 7) is 3.50. The Morgan fingerprint density at radius 3 is 1.03 bits per heavy atom. The molecule has 11 heteroatoms. The summed E-state index contributed by atoms with van der Waals surface area (Å²) in [5.74, 6) is -0.705. The van der Waals surface area contributed by atoms with E-state index in [9.17, 15) is 40.5 Å². The second kappa shape index (κ2) is 63.5. The molecular formula is C75H143NO10. The first-order valence-electron chi connectivity index (χ1n) is 37.4. The summed E-state index contributed by atoms with van der Waals surface area (Å²) in [5, 5.41) is 76.6. The van der Waals surface area contributed by atoms with Crippen molar-refractivity contribution in [3.05, 3.63) is 36.5 Å². The van der Waals surface area contributed by atoms with Crippen LogP contribution in [0.3, 0.4) is 0 Å². The standard InChI is InChI=1S/C75H143NO10/c1-3-5-7-9-11-13-15-17-19-21-23-25-27-29-31-32-33-34-35-37-38-40-42-44-46-48-50-52-54-56-58-60-62-67(78)70(80)66(65-85-75-73(83)72(82)71(81)69(64-77)86-75)76-74(84)68(79)63-61-59-57-55-53-51-49-47-45-43-41-39-36-30-28-26-24-22-20-18-16-14-12-10-8-6-4-2/h38,40,46,48,54,56,66-73,75,77-83H,3-37,39,41-45,47,49-53,55,57-65H2,1-2H3,(H,76,84)/b40-38+,48-46+,56-54+. The Morgan fingerprint density at radius 1 is 0.395 bits per heavy atom. The Hall–Kier alpha value is -1.67. The third-order valence-electron chi connectivity index (χ3n) is 18.2. The molecule has 508 valence electrons. The van der Waals surface area contributed by atoms with Gasteiger partial charge in [0.25, 0.3) is 0 Å². The molecule has 1 aliphatic heterocycles. The molecule has 1 fully saturated rings. The molecule has 1 rings (SSSR count). The number of ether oxygens (including phenoxy) is 2. The third-order valence-corrected chi connectivity index (χ3v) is 18.2. The summed E-state index contributed by atoms with van der Waals surface area (Å²) >= 11 is 0.